The molecular weight excluding hydrogens is 262 g/mol. The molecule has 4 nitrogen and oxygen atoms in total. The summed E-state index contributed by atoms with van der Waals surface area (Å²) < 4.78 is 4.71. The zero-order valence-corrected chi connectivity index (χ0v) is 12.6. The Morgan fingerprint density at radius 1 is 1.32 bits per heavy atom. The van der Waals surface area contributed by atoms with Crippen LogP contribution in [-0.2, 0) is 9.53 Å². The van der Waals surface area contributed by atoms with Gasteiger partial charge >= 0.3 is 5.97 Å². The van der Waals surface area contributed by atoms with E-state index in [0.29, 0.717) is 17.0 Å². The number of hydrogen-bond acceptors (Lipinski definition) is 4. The standard InChI is InChI=1S/C14H21NO3S/c1-4-5-6-7-8-11(16)15-12-10(2)9-19-13(12)14(17)18-3/h9H,4-8H2,1-3H3,(H,15,16). The fourth-order valence-electron chi connectivity index (χ4n) is 1.76. The Hall–Kier alpha value is -1.36. The zero-order chi connectivity index (χ0) is 14.3. The summed E-state index contributed by atoms with van der Waals surface area (Å²) in [5.41, 5.74) is 1.49. The van der Waals surface area contributed by atoms with Crippen LogP contribution in [0.2, 0.25) is 0 Å². The number of esters is 1. The van der Waals surface area contributed by atoms with Crippen molar-refractivity contribution in [2.75, 3.05) is 12.4 Å². The van der Waals surface area contributed by atoms with Gasteiger partial charge in [-0.15, -0.1) is 11.3 Å². The van der Waals surface area contributed by atoms with Crippen LogP contribution in [0.1, 0.15) is 54.3 Å². The lowest BCUT2D eigenvalue weighted by Gasteiger charge is -2.07. The number of unbranched alkanes of at least 4 members (excludes halogenated alkanes) is 3. The van der Waals surface area contributed by atoms with Crippen molar-refractivity contribution in [1.29, 1.82) is 0 Å². The van der Waals surface area contributed by atoms with Gasteiger partial charge in [-0.3, -0.25) is 4.79 Å². The van der Waals surface area contributed by atoms with Crippen molar-refractivity contribution in [2.24, 2.45) is 0 Å². The molecule has 19 heavy (non-hydrogen) atoms. The molecule has 1 heterocycles. The van der Waals surface area contributed by atoms with E-state index >= 15 is 0 Å². The van der Waals surface area contributed by atoms with E-state index in [1.807, 2.05) is 12.3 Å². The maximum absolute atomic E-state index is 11.8. The molecule has 1 aromatic rings. The molecule has 106 valence electrons. The molecule has 0 aliphatic heterocycles. The first-order valence-electron chi connectivity index (χ1n) is 6.56. The second kappa shape index (κ2) is 7.94. The lowest BCUT2D eigenvalue weighted by Crippen LogP contribution is -2.14. The smallest absolute Gasteiger partial charge is 0.350 e. The van der Waals surface area contributed by atoms with E-state index in [1.54, 1.807) is 0 Å². The van der Waals surface area contributed by atoms with Crippen molar-refractivity contribution in [3.05, 3.63) is 15.8 Å². The van der Waals surface area contributed by atoms with Crippen molar-refractivity contribution < 1.29 is 14.3 Å². The van der Waals surface area contributed by atoms with Crippen molar-refractivity contribution in [1.82, 2.24) is 0 Å². The summed E-state index contributed by atoms with van der Waals surface area (Å²) >= 11 is 1.29. The van der Waals surface area contributed by atoms with Gasteiger partial charge in [0.05, 0.1) is 12.8 Å². The minimum atomic E-state index is -0.403. The number of anilines is 1. The normalized spacial score (nSPS) is 10.3. The van der Waals surface area contributed by atoms with Crippen LogP contribution in [0.15, 0.2) is 5.38 Å². The monoisotopic (exact) mass is 283 g/mol. The van der Waals surface area contributed by atoms with Gasteiger partial charge in [0.15, 0.2) is 0 Å². The van der Waals surface area contributed by atoms with Gasteiger partial charge in [-0.1, -0.05) is 26.2 Å². The maximum Gasteiger partial charge on any atom is 0.350 e. The zero-order valence-electron chi connectivity index (χ0n) is 11.7. The van der Waals surface area contributed by atoms with Crippen molar-refractivity contribution in [3.8, 4) is 0 Å². The molecule has 0 saturated carbocycles. The molecule has 0 bridgehead atoms. The number of carbonyl (C=O) groups is 2. The molecule has 1 aromatic heterocycles. The van der Waals surface area contributed by atoms with E-state index in [4.69, 9.17) is 4.74 Å². The summed E-state index contributed by atoms with van der Waals surface area (Å²) in [4.78, 5) is 23.9. The van der Waals surface area contributed by atoms with Gasteiger partial charge in [0, 0.05) is 6.42 Å². The molecule has 0 atom stereocenters. The second-order valence-electron chi connectivity index (χ2n) is 4.47. The molecule has 0 fully saturated rings. The van der Waals surface area contributed by atoms with Crippen LogP contribution in [-0.4, -0.2) is 19.0 Å². The first-order chi connectivity index (χ1) is 9.10. The number of thiophene rings is 1. The predicted octanol–water partition coefficient (Wildman–Crippen LogP) is 3.75. The van der Waals surface area contributed by atoms with Gasteiger partial charge in [-0.2, -0.15) is 0 Å². The Morgan fingerprint density at radius 2 is 2.05 bits per heavy atom. The van der Waals surface area contributed by atoms with Crippen LogP contribution >= 0.6 is 11.3 Å². The Kier molecular flexibility index (Phi) is 6.56. The van der Waals surface area contributed by atoms with E-state index < -0.39 is 5.97 Å². The average molecular weight is 283 g/mol. The predicted molar refractivity (Wildman–Crippen MR) is 77.8 cm³/mol. The Morgan fingerprint density at radius 3 is 2.68 bits per heavy atom. The highest BCUT2D eigenvalue weighted by Crippen LogP contribution is 2.28. The summed E-state index contributed by atoms with van der Waals surface area (Å²) in [6, 6.07) is 0. The molecule has 0 unspecified atom stereocenters. The summed E-state index contributed by atoms with van der Waals surface area (Å²) in [5.74, 6) is -0.442. The molecule has 0 spiro atoms. The Labute approximate surface area is 118 Å². The highest BCUT2D eigenvalue weighted by atomic mass is 32.1. The number of ether oxygens (including phenoxy) is 1. The van der Waals surface area contributed by atoms with Gasteiger partial charge in [-0.05, 0) is 24.3 Å². The van der Waals surface area contributed by atoms with E-state index in [0.717, 1.165) is 31.2 Å². The summed E-state index contributed by atoms with van der Waals surface area (Å²) in [6.07, 6.45) is 4.75. The summed E-state index contributed by atoms with van der Waals surface area (Å²) in [6.45, 7) is 4.01. The molecule has 5 heteroatoms. The highest BCUT2D eigenvalue weighted by Gasteiger charge is 2.18. The van der Waals surface area contributed by atoms with Crippen LogP contribution in [0.25, 0.3) is 0 Å². The van der Waals surface area contributed by atoms with Crippen molar-refractivity contribution in [3.63, 3.8) is 0 Å². The number of nitrogens with one attached hydrogen (secondary N) is 1. The maximum atomic E-state index is 11.8. The quantitative estimate of drug-likeness (QED) is 0.612. The Balaban J connectivity index is 2.58. The first-order valence-corrected chi connectivity index (χ1v) is 7.44. The van der Waals surface area contributed by atoms with Crippen LogP contribution < -0.4 is 5.32 Å². The fourth-order valence-corrected chi connectivity index (χ4v) is 2.68. The molecule has 0 aliphatic carbocycles. The van der Waals surface area contributed by atoms with E-state index in [-0.39, 0.29) is 5.91 Å². The highest BCUT2D eigenvalue weighted by molar-refractivity contribution is 7.12. The third-order valence-corrected chi connectivity index (χ3v) is 3.95. The number of rotatable bonds is 7. The summed E-state index contributed by atoms with van der Waals surface area (Å²) in [7, 11) is 1.34. The largest absolute Gasteiger partial charge is 0.465 e. The molecule has 1 rings (SSSR count). The third kappa shape index (κ3) is 4.67. The van der Waals surface area contributed by atoms with Crippen LogP contribution in [0.3, 0.4) is 0 Å². The number of carbonyl (C=O) groups excluding carboxylic acids is 2. The molecule has 1 N–H and O–H groups in total. The minimum Gasteiger partial charge on any atom is -0.465 e. The molecule has 0 radical (unpaired) electrons. The van der Waals surface area contributed by atoms with Crippen LogP contribution in [0, 0.1) is 6.92 Å². The molecule has 1 amide bonds. The van der Waals surface area contributed by atoms with Crippen molar-refractivity contribution >= 4 is 28.9 Å². The fraction of sp³-hybridized carbons (Fsp3) is 0.571. The average Bonchev–Trinajstić information content (AvgIpc) is 2.75. The SMILES string of the molecule is CCCCCCC(=O)Nc1c(C)csc1C(=O)OC. The minimum absolute atomic E-state index is 0.0391. The van der Waals surface area contributed by atoms with E-state index in [9.17, 15) is 9.59 Å². The second-order valence-corrected chi connectivity index (χ2v) is 5.35. The molecular formula is C14H21NO3S. The van der Waals surface area contributed by atoms with Gasteiger partial charge in [0.2, 0.25) is 5.91 Å². The number of hydrogen-bond donors (Lipinski definition) is 1. The molecule has 0 saturated heterocycles. The summed E-state index contributed by atoms with van der Waals surface area (Å²) in [5, 5.41) is 4.67. The first kappa shape index (κ1) is 15.7. The lowest BCUT2D eigenvalue weighted by atomic mass is 10.1. The molecule has 0 aromatic carbocycles. The van der Waals surface area contributed by atoms with E-state index in [2.05, 4.69) is 12.2 Å². The van der Waals surface area contributed by atoms with Crippen LogP contribution in [0.5, 0.6) is 0 Å². The topological polar surface area (TPSA) is 55.4 Å². The van der Waals surface area contributed by atoms with Gasteiger partial charge in [-0.25, -0.2) is 4.79 Å². The number of amides is 1. The Bertz CT molecular complexity index is 440. The van der Waals surface area contributed by atoms with Crippen molar-refractivity contribution in [2.45, 2.75) is 46.0 Å². The molecule has 0 aliphatic rings. The number of methoxy groups -OCH3 is 1. The lowest BCUT2D eigenvalue weighted by molar-refractivity contribution is -0.116. The number of aryl methyl sites for hydroxylation is 1. The van der Waals surface area contributed by atoms with Crippen LogP contribution in [0.4, 0.5) is 5.69 Å². The van der Waals surface area contributed by atoms with Gasteiger partial charge in [0.25, 0.3) is 0 Å². The third-order valence-electron chi connectivity index (χ3n) is 2.87. The van der Waals surface area contributed by atoms with Gasteiger partial charge < -0.3 is 10.1 Å². The van der Waals surface area contributed by atoms with Gasteiger partial charge in [0.1, 0.15) is 4.88 Å². The van der Waals surface area contributed by atoms with E-state index in [1.165, 1.54) is 18.4 Å².